The van der Waals surface area contributed by atoms with Gasteiger partial charge in [-0.25, -0.2) is 13.2 Å². The summed E-state index contributed by atoms with van der Waals surface area (Å²) in [5, 5.41) is 0.675. The normalized spacial score (nSPS) is 10.9. The molecule has 3 aromatic rings. The van der Waals surface area contributed by atoms with Crippen molar-refractivity contribution in [3.8, 4) is 5.75 Å². The third-order valence-corrected chi connectivity index (χ3v) is 5.92. The average molecular weight is 451 g/mol. The molecule has 10 heteroatoms. The number of aryl methyl sites for hydroxylation is 1. The van der Waals surface area contributed by atoms with E-state index in [9.17, 15) is 18.0 Å². The van der Waals surface area contributed by atoms with Crippen LogP contribution in [0.3, 0.4) is 0 Å². The van der Waals surface area contributed by atoms with Crippen molar-refractivity contribution in [2.45, 2.75) is 24.7 Å². The Hall–Kier alpha value is -2.33. The number of carbonyl (C=O) groups is 2. The monoisotopic (exact) mass is 451 g/mol. The third-order valence-electron chi connectivity index (χ3n) is 4.60. The van der Waals surface area contributed by atoms with Crippen LogP contribution in [0.25, 0.3) is 15.6 Å². The van der Waals surface area contributed by atoms with Gasteiger partial charge >= 0.3 is 35.7 Å². The van der Waals surface area contributed by atoms with E-state index in [1.807, 2.05) is 13.0 Å². The molecule has 0 spiro atoms. The summed E-state index contributed by atoms with van der Waals surface area (Å²) in [6.07, 6.45) is 1.36. The van der Waals surface area contributed by atoms with Crippen molar-refractivity contribution < 1.29 is 52.3 Å². The number of sulfonamides is 1. The molecule has 1 N–H and O–H groups in total. The maximum absolute atomic E-state index is 12.2. The number of hydrogen-bond acceptors (Lipinski definition) is 5. The molecule has 0 aliphatic heterocycles. The van der Waals surface area contributed by atoms with Crippen LogP contribution >= 0.6 is 0 Å². The van der Waals surface area contributed by atoms with Gasteiger partial charge in [-0.05, 0) is 49.6 Å². The maximum atomic E-state index is 12.2. The number of amides is 2. The quantitative estimate of drug-likeness (QED) is 0.536. The van der Waals surface area contributed by atoms with Gasteiger partial charge in [0.25, 0.3) is 0 Å². The first-order valence-electron chi connectivity index (χ1n) is 9.39. The summed E-state index contributed by atoms with van der Waals surface area (Å²) in [4.78, 5) is 28.8. The van der Waals surface area contributed by atoms with Crippen molar-refractivity contribution in [2.75, 3.05) is 13.6 Å². The Morgan fingerprint density at radius 3 is 2.48 bits per heavy atom. The second-order valence-electron chi connectivity index (χ2n) is 6.65. The Balaban J connectivity index is 0.00000341. The summed E-state index contributed by atoms with van der Waals surface area (Å²) in [5.41, 5.74) is 1.48. The van der Waals surface area contributed by atoms with E-state index in [0.717, 1.165) is 11.1 Å². The van der Waals surface area contributed by atoms with E-state index in [4.69, 9.17) is 4.74 Å². The number of H-pyrrole nitrogens is 1. The topological polar surface area (TPSA) is 111 Å². The van der Waals surface area contributed by atoms with Crippen molar-refractivity contribution in [3.63, 3.8) is 0 Å². The second-order valence-corrected chi connectivity index (χ2v) is 8.25. The molecule has 0 fully saturated rings. The maximum Gasteiger partial charge on any atom is 1.00 e. The molecule has 0 atom stereocenters. The molecule has 0 unspecified atom stereocenters. The van der Waals surface area contributed by atoms with Gasteiger partial charge in [0, 0.05) is 30.7 Å². The Kier molecular flexibility index (Phi) is 8.69. The van der Waals surface area contributed by atoms with Crippen molar-refractivity contribution in [1.29, 1.82) is 0 Å². The molecule has 158 valence electrons. The Morgan fingerprint density at radius 2 is 1.81 bits per heavy atom. The van der Waals surface area contributed by atoms with Crippen LogP contribution in [0, 0.1) is 0 Å². The molecule has 2 aromatic carbocycles. The van der Waals surface area contributed by atoms with Crippen molar-refractivity contribution in [2.24, 2.45) is 0 Å². The molecular formula is C21H22N3NaO5S. The summed E-state index contributed by atoms with van der Waals surface area (Å²) in [7, 11) is -2.40. The minimum Gasteiger partial charge on any atom is -0.542 e. The SMILES string of the molecule is CCN(C)C(=O)Oc1cccc2[nH]cc(CCC(=O)[N-]S(=O)(=O)c3ccccc3)c12.[Na+]. The fraction of sp³-hybridized carbons (Fsp3) is 0.238. The minimum atomic E-state index is -4.04. The first-order chi connectivity index (χ1) is 14.3. The molecule has 31 heavy (non-hydrogen) atoms. The minimum absolute atomic E-state index is 0. The van der Waals surface area contributed by atoms with Crippen LogP contribution in [0.5, 0.6) is 5.75 Å². The molecule has 3 rings (SSSR count). The average Bonchev–Trinajstić information content (AvgIpc) is 3.16. The summed E-state index contributed by atoms with van der Waals surface area (Å²) < 4.78 is 33.3. The zero-order valence-electron chi connectivity index (χ0n) is 17.7. The summed E-state index contributed by atoms with van der Waals surface area (Å²) in [6.45, 7) is 2.34. The van der Waals surface area contributed by atoms with Crippen LogP contribution < -0.4 is 34.3 Å². The summed E-state index contributed by atoms with van der Waals surface area (Å²) in [6, 6.07) is 12.8. The molecule has 8 nitrogen and oxygen atoms in total. The number of rotatable bonds is 7. The molecule has 0 radical (unpaired) electrons. The van der Waals surface area contributed by atoms with E-state index in [0.29, 0.717) is 17.7 Å². The summed E-state index contributed by atoms with van der Waals surface area (Å²) >= 11 is 0. The number of aromatic nitrogens is 1. The first-order valence-corrected chi connectivity index (χ1v) is 10.8. The molecule has 0 saturated carbocycles. The van der Waals surface area contributed by atoms with Crippen molar-refractivity contribution in [1.82, 2.24) is 9.88 Å². The number of nitrogens with zero attached hydrogens (tertiary/aromatic N) is 2. The van der Waals surface area contributed by atoms with Gasteiger partial charge in [-0.2, -0.15) is 0 Å². The number of hydrogen-bond donors (Lipinski definition) is 1. The molecule has 2 amide bonds. The van der Waals surface area contributed by atoms with Crippen LogP contribution in [-0.4, -0.2) is 43.9 Å². The molecule has 0 aliphatic rings. The van der Waals surface area contributed by atoms with E-state index in [1.165, 1.54) is 17.0 Å². The third kappa shape index (κ3) is 6.10. The Bertz CT molecular complexity index is 1160. The van der Waals surface area contributed by atoms with E-state index in [2.05, 4.69) is 9.71 Å². The molecule has 0 saturated heterocycles. The van der Waals surface area contributed by atoms with Crippen molar-refractivity contribution >= 4 is 32.9 Å². The van der Waals surface area contributed by atoms with E-state index < -0.39 is 22.0 Å². The van der Waals surface area contributed by atoms with Crippen LogP contribution in [0.2, 0.25) is 0 Å². The van der Waals surface area contributed by atoms with Gasteiger partial charge < -0.3 is 24.1 Å². The van der Waals surface area contributed by atoms with Crippen LogP contribution in [0.15, 0.2) is 59.6 Å². The Morgan fingerprint density at radius 1 is 1.10 bits per heavy atom. The fourth-order valence-corrected chi connectivity index (χ4v) is 3.84. The van der Waals surface area contributed by atoms with Gasteiger partial charge in [0.1, 0.15) is 15.8 Å². The van der Waals surface area contributed by atoms with Crippen LogP contribution in [-0.2, 0) is 21.2 Å². The zero-order valence-corrected chi connectivity index (χ0v) is 20.5. The molecule has 1 aromatic heterocycles. The predicted molar refractivity (Wildman–Crippen MR) is 113 cm³/mol. The zero-order chi connectivity index (χ0) is 21.7. The van der Waals surface area contributed by atoms with E-state index in [-0.39, 0.29) is 47.3 Å². The number of benzene rings is 2. The molecule has 1 heterocycles. The molecular weight excluding hydrogens is 429 g/mol. The van der Waals surface area contributed by atoms with Gasteiger partial charge in [0.2, 0.25) is 0 Å². The van der Waals surface area contributed by atoms with E-state index >= 15 is 0 Å². The van der Waals surface area contributed by atoms with E-state index in [1.54, 1.807) is 43.6 Å². The van der Waals surface area contributed by atoms with Crippen LogP contribution in [0.1, 0.15) is 18.9 Å². The predicted octanol–water partition coefficient (Wildman–Crippen LogP) is 0.844. The standard InChI is InChI=1S/C21H23N3O5S.Na/c1-3-24(2)21(26)29-18-11-7-10-17-20(18)15(14-22-17)12-13-19(25)23-30(27,28)16-8-5-4-6-9-16;/h4-11,14,22H,3,12-13H2,1-2H3,(H,23,25);/q;+1/p-1. The van der Waals surface area contributed by atoms with Gasteiger partial charge in [0.05, 0.1) is 10.8 Å². The van der Waals surface area contributed by atoms with Gasteiger partial charge in [-0.15, -0.1) is 0 Å². The molecule has 0 aliphatic carbocycles. The smallest absolute Gasteiger partial charge is 0.542 e. The molecule has 0 bridgehead atoms. The number of carbonyl (C=O) groups excluding carboxylic acids is 2. The van der Waals surface area contributed by atoms with Crippen LogP contribution in [0.4, 0.5) is 4.79 Å². The number of nitrogens with one attached hydrogen (secondary N) is 1. The van der Waals surface area contributed by atoms with Crippen molar-refractivity contribution in [3.05, 3.63) is 65.0 Å². The Labute approximate surface area is 203 Å². The fourth-order valence-electron chi connectivity index (χ4n) is 2.87. The number of ether oxygens (including phenoxy) is 1. The first kappa shape index (κ1) is 24.9. The number of fused-ring (bicyclic) bond motifs is 1. The summed E-state index contributed by atoms with van der Waals surface area (Å²) in [5.74, 6) is -0.372. The van der Waals surface area contributed by atoms with Gasteiger partial charge in [-0.3, -0.25) is 0 Å². The van der Waals surface area contributed by atoms with Gasteiger partial charge in [-0.1, -0.05) is 24.3 Å². The number of aromatic amines is 1. The second kappa shape index (κ2) is 10.8. The largest absolute Gasteiger partial charge is 1.00 e. The van der Waals surface area contributed by atoms with Gasteiger partial charge in [0.15, 0.2) is 0 Å².